The fraction of sp³-hybridized carbons (Fsp3) is 0.750. The normalized spacial score (nSPS) is 13.2. The van der Waals surface area contributed by atoms with E-state index in [0.29, 0.717) is 0 Å². The van der Waals surface area contributed by atoms with E-state index in [0.717, 1.165) is 0 Å². The Kier molecular flexibility index (Phi) is 3.10. The van der Waals surface area contributed by atoms with E-state index in [1.54, 1.807) is 0 Å². The molecule has 0 aliphatic carbocycles. The van der Waals surface area contributed by atoms with Crippen molar-refractivity contribution in [3.63, 3.8) is 0 Å². The van der Waals surface area contributed by atoms with Gasteiger partial charge in [0.15, 0.2) is 0 Å². The summed E-state index contributed by atoms with van der Waals surface area (Å²) in [4.78, 5) is 9.67. The Morgan fingerprint density at radius 2 is 2.50 bits per heavy atom. The van der Waals surface area contributed by atoms with Crippen LogP contribution >= 0.6 is 0 Å². The molecular weight excluding hydrogens is 113 g/mol. The van der Waals surface area contributed by atoms with Crippen LogP contribution in [0.25, 0.3) is 0 Å². The second-order valence-corrected chi connectivity index (χ2v) is 1.39. The van der Waals surface area contributed by atoms with Gasteiger partial charge in [-0.2, -0.15) is 0 Å². The Balaban J connectivity index is 3.05. The monoisotopic (exact) mass is 121 g/mol. The second kappa shape index (κ2) is 3.37. The van der Waals surface area contributed by atoms with Gasteiger partial charge >= 0.3 is 5.97 Å². The van der Waals surface area contributed by atoms with Gasteiger partial charge in [-0.3, -0.25) is 10.1 Å². The SMILES string of the molecule is CC(F)NCC(=O)O. The summed E-state index contributed by atoms with van der Waals surface area (Å²) in [7, 11) is 0. The molecule has 0 aromatic rings. The molecule has 4 heteroatoms. The lowest BCUT2D eigenvalue weighted by atomic mass is 10.6. The summed E-state index contributed by atoms with van der Waals surface area (Å²) in [6, 6.07) is 0. The standard InChI is InChI=1S/C4H8FNO2/c1-3(5)6-2-4(7)8/h3,6H,2H2,1H3,(H,7,8). The van der Waals surface area contributed by atoms with Crippen molar-refractivity contribution in [1.29, 1.82) is 0 Å². The highest BCUT2D eigenvalue weighted by atomic mass is 19.1. The molecule has 0 bridgehead atoms. The molecule has 3 nitrogen and oxygen atoms in total. The van der Waals surface area contributed by atoms with Gasteiger partial charge in [0, 0.05) is 0 Å². The topological polar surface area (TPSA) is 49.3 Å². The van der Waals surface area contributed by atoms with Gasteiger partial charge in [-0.15, -0.1) is 0 Å². The van der Waals surface area contributed by atoms with Gasteiger partial charge in [0.25, 0.3) is 0 Å². The van der Waals surface area contributed by atoms with Crippen LogP contribution in [0.3, 0.4) is 0 Å². The number of alkyl halides is 1. The van der Waals surface area contributed by atoms with Gasteiger partial charge in [-0.1, -0.05) is 0 Å². The third-order valence-electron chi connectivity index (χ3n) is 0.535. The Morgan fingerprint density at radius 1 is 2.00 bits per heavy atom. The van der Waals surface area contributed by atoms with E-state index in [9.17, 15) is 9.18 Å². The van der Waals surface area contributed by atoms with Gasteiger partial charge in [0.2, 0.25) is 0 Å². The van der Waals surface area contributed by atoms with Gasteiger partial charge in [-0.25, -0.2) is 4.39 Å². The second-order valence-electron chi connectivity index (χ2n) is 1.39. The number of nitrogens with one attached hydrogen (secondary N) is 1. The van der Waals surface area contributed by atoms with Crippen LogP contribution in [0.1, 0.15) is 6.92 Å². The van der Waals surface area contributed by atoms with Crippen LogP contribution in [0.2, 0.25) is 0 Å². The highest BCUT2D eigenvalue weighted by Gasteiger charge is 1.98. The molecule has 0 aliphatic rings. The number of carboxylic acids is 1. The largest absolute Gasteiger partial charge is 0.480 e. The van der Waals surface area contributed by atoms with Gasteiger partial charge < -0.3 is 5.11 Å². The smallest absolute Gasteiger partial charge is 0.317 e. The number of carboxylic acid groups (broad SMARTS) is 1. The van der Waals surface area contributed by atoms with Crippen molar-refractivity contribution < 1.29 is 14.3 Å². The zero-order valence-corrected chi connectivity index (χ0v) is 4.52. The average molecular weight is 121 g/mol. The Bertz CT molecular complexity index is 84.1. The van der Waals surface area contributed by atoms with Gasteiger partial charge in [0.05, 0.1) is 6.54 Å². The summed E-state index contributed by atoms with van der Waals surface area (Å²) >= 11 is 0. The molecular formula is C4H8FNO2. The lowest BCUT2D eigenvalue weighted by molar-refractivity contribution is -0.136. The van der Waals surface area contributed by atoms with Crippen molar-refractivity contribution in [3.05, 3.63) is 0 Å². The maximum Gasteiger partial charge on any atom is 0.317 e. The average Bonchev–Trinajstić information content (AvgIpc) is 1.61. The predicted molar refractivity (Wildman–Crippen MR) is 26.2 cm³/mol. The van der Waals surface area contributed by atoms with Crippen molar-refractivity contribution in [2.75, 3.05) is 6.54 Å². The summed E-state index contributed by atoms with van der Waals surface area (Å²) in [6.45, 7) is 0.917. The third kappa shape index (κ3) is 5.36. The molecule has 0 saturated heterocycles. The molecule has 1 atom stereocenters. The molecule has 48 valence electrons. The van der Waals surface area contributed by atoms with E-state index in [1.807, 2.05) is 0 Å². The lowest BCUT2D eigenvalue weighted by Gasteiger charge is -1.98. The molecule has 0 spiro atoms. The molecule has 0 heterocycles. The van der Waals surface area contributed by atoms with Crippen LogP contribution in [0, 0.1) is 0 Å². The van der Waals surface area contributed by atoms with E-state index >= 15 is 0 Å². The van der Waals surface area contributed by atoms with E-state index in [2.05, 4.69) is 5.32 Å². The molecule has 0 fully saturated rings. The molecule has 2 N–H and O–H groups in total. The first-order valence-corrected chi connectivity index (χ1v) is 2.22. The number of halogens is 1. The highest BCUT2D eigenvalue weighted by Crippen LogP contribution is 1.77. The summed E-state index contributed by atoms with van der Waals surface area (Å²) in [5, 5.41) is 10.0. The van der Waals surface area contributed by atoms with Crippen LogP contribution in [0.4, 0.5) is 4.39 Å². The van der Waals surface area contributed by atoms with Crippen LogP contribution in [0.5, 0.6) is 0 Å². The fourth-order valence-electron chi connectivity index (χ4n) is 0.228. The van der Waals surface area contributed by atoms with Crippen LogP contribution in [0.15, 0.2) is 0 Å². The van der Waals surface area contributed by atoms with Crippen molar-refractivity contribution in [3.8, 4) is 0 Å². The molecule has 8 heavy (non-hydrogen) atoms. The maximum absolute atomic E-state index is 11.7. The molecule has 0 saturated carbocycles. The van der Waals surface area contributed by atoms with Crippen molar-refractivity contribution in [1.82, 2.24) is 5.32 Å². The molecule has 0 aromatic carbocycles. The zero-order chi connectivity index (χ0) is 6.57. The number of hydrogen-bond acceptors (Lipinski definition) is 2. The van der Waals surface area contributed by atoms with Crippen LogP contribution < -0.4 is 5.32 Å². The Labute approximate surface area is 46.5 Å². The number of aliphatic carboxylic acids is 1. The summed E-state index contributed by atoms with van der Waals surface area (Å²) in [6.07, 6.45) is -1.24. The molecule has 0 radical (unpaired) electrons. The van der Waals surface area contributed by atoms with E-state index < -0.39 is 12.3 Å². The number of carbonyl (C=O) groups is 1. The first-order valence-electron chi connectivity index (χ1n) is 2.22. The number of rotatable bonds is 3. The minimum atomic E-state index is -1.24. The molecule has 0 aromatic heterocycles. The van der Waals surface area contributed by atoms with Crippen LogP contribution in [-0.4, -0.2) is 23.9 Å². The van der Waals surface area contributed by atoms with Crippen molar-refractivity contribution in [2.45, 2.75) is 13.2 Å². The predicted octanol–water partition coefficient (Wildman–Crippen LogP) is -0.0239. The van der Waals surface area contributed by atoms with Gasteiger partial charge in [0.1, 0.15) is 6.30 Å². The lowest BCUT2D eigenvalue weighted by Crippen LogP contribution is -2.27. The third-order valence-corrected chi connectivity index (χ3v) is 0.535. The molecule has 0 rings (SSSR count). The van der Waals surface area contributed by atoms with E-state index in [4.69, 9.17) is 5.11 Å². The molecule has 0 amide bonds. The summed E-state index contributed by atoms with van der Waals surface area (Å²) in [5.41, 5.74) is 0. The maximum atomic E-state index is 11.7. The summed E-state index contributed by atoms with van der Waals surface area (Å²) < 4.78 is 11.7. The minimum Gasteiger partial charge on any atom is -0.480 e. The number of hydrogen-bond donors (Lipinski definition) is 2. The fourth-order valence-corrected chi connectivity index (χ4v) is 0.228. The molecule has 0 aliphatic heterocycles. The van der Waals surface area contributed by atoms with E-state index in [-0.39, 0.29) is 6.54 Å². The van der Waals surface area contributed by atoms with Crippen LogP contribution in [-0.2, 0) is 4.79 Å². The summed E-state index contributed by atoms with van der Waals surface area (Å²) in [5.74, 6) is -1.05. The first kappa shape index (κ1) is 7.36. The highest BCUT2D eigenvalue weighted by molar-refractivity contribution is 5.68. The Morgan fingerprint density at radius 3 is 2.62 bits per heavy atom. The van der Waals surface area contributed by atoms with Crippen molar-refractivity contribution in [2.24, 2.45) is 0 Å². The quantitative estimate of drug-likeness (QED) is 0.516. The Hall–Kier alpha value is -0.640. The van der Waals surface area contributed by atoms with Crippen molar-refractivity contribution >= 4 is 5.97 Å². The first-order chi connectivity index (χ1) is 3.63. The molecule has 1 unspecified atom stereocenters. The van der Waals surface area contributed by atoms with E-state index in [1.165, 1.54) is 6.92 Å². The zero-order valence-electron chi connectivity index (χ0n) is 4.52. The van der Waals surface area contributed by atoms with Gasteiger partial charge in [-0.05, 0) is 6.92 Å². The minimum absolute atomic E-state index is 0.322.